The molecule has 0 saturated carbocycles. The number of benzene rings is 2. The summed E-state index contributed by atoms with van der Waals surface area (Å²) in [5, 5.41) is 7.40. The molecule has 1 atom stereocenters. The number of urea groups is 1. The highest BCUT2D eigenvalue weighted by atomic mass is 35.5. The number of para-hydroxylation sites is 1. The van der Waals surface area contributed by atoms with Gasteiger partial charge >= 0.3 is 6.03 Å². The van der Waals surface area contributed by atoms with Crippen LogP contribution in [0, 0.1) is 5.82 Å². The Hall–Kier alpha value is -3.79. The van der Waals surface area contributed by atoms with Crippen LogP contribution in [-0.2, 0) is 4.74 Å². The predicted octanol–water partition coefficient (Wildman–Crippen LogP) is 5.34. The Kier molecular flexibility index (Phi) is 9.42. The number of likely N-dealkylation sites (tertiary alicyclic amines) is 1. The summed E-state index contributed by atoms with van der Waals surface area (Å²) in [5.74, 6) is 0.520. The molecule has 10 heteroatoms. The van der Waals surface area contributed by atoms with Crippen LogP contribution in [-0.4, -0.2) is 59.0 Å². The number of hydrogen-bond acceptors (Lipinski definition) is 5. The largest absolute Gasteiger partial charge is 0.383 e. The first-order chi connectivity index (χ1) is 18.5. The van der Waals surface area contributed by atoms with Crippen LogP contribution in [0.25, 0.3) is 16.9 Å². The van der Waals surface area contributed by atoms with Crippen molar-refractivity contribution in [3.63, 3.8) is 0 Å². The number of amides is 2. The first kappa shape index (κ1) is 27.3. The SMILES string of the molecule is COCCN1CCC(c2cncc(F)c2)C1.NC(=O)Nc1c(Cl)c(-c2ccccc2)nn1-c1ccccc1. The van der Waals surface area contributed by atoms with Crippen LogP contribution in [0.3, 0.4) is 0 Å². The molecule has 1 fully saturated rings. The number of methoxy groups -OCH3 is 1. The van der Waals surface area contributed by atoms with Crippen LogP contribution in [0.5, 0.6) is 0 Å². The highest BCUT2D eigenvalue weighted by Gasteiger charge is 2.24. The number of halogens is 2. The normalized spacial score (nSPS) is 15.1. The lowest BCUT2D eigenvalue weighted by molar-refractivity contribution is 0.160. The number of anilines is 1. The van der Waals surface area contributed by atoms with Gasteiger partial charge in [0.2, 0.25) is 0 Å². The van der Waals surface area contributed by atoms with Crippen LogP contribution in [0.4, 0.5) is 15.0 Å². The molecule has 0 radical (unpaired) electrons. The molecule has 0 bridgehead atoms. The summed E-state index contributed by atoms with van der Waals surface area (Å²) in [4.78, 5) is 17.5. The molecule has 198 valence electrons. The molecule has 2 amide bonds. The van der Waals surface area contributed by atoms with E-state index >= 15 is 0 Å². The number of hydrogen-bond donors (Lipinski definition) is 2. The first-order valence-electron chi connectivity index (χ1n) is 12.2. The lowest BCUT2D eigenvalue weighted by Gasteiger charge is -2.15. The number of nitrogens with zero attached hydrogens (tertiary/aromatic N) is 4. The van der Waals surface area contributed by atoms with Gasteiger partial charge in [0.05, 0.1) is 18.5 Å². The van der Waals surface area contributed by atoms with E-state index in [1.165, 1.54) is 6.20 Å². The molecule has 5 rings (SSSR count). The molecule has 1 aliphatic rings. The molecule has 38 heavy (non-hydrogen) atoms. The van der Waals surface area contributed by atoms with Crippen molar-refractivity contribution in [1.82, 2.24) is 19.7 Å². The highest BCUT2D eigenvalue weighted by Crippen LogP contribution is 2.35. The summed E-state index contributed by atoms with van der Waals surface area (Å²) < 4.78 is 19.6. The van der Waals surface area contributed by atoms with Gasteiger partial charge in [-0.15, -0.1) is 0 Å². The van der Waals surface area contributed by atoms with Crippen molar-refractivity contribution in [1.29, 1.82) is 0 Å². The minimum Gasteiger partial charge on any atom is -0.383 e. The summed E-state index contributed by atoms with van der Waals surface area (Å²) in [5.41, 5.74) is 8.46. The zero-order valence-electron chi connectivity index (χ0n) is 21.1. The van der Waals surface area contributed by atoms with Crippen molar-refractivity contribution in [2.45, 2.75) is 12.3 Å². The number of pyridine rings is 1. The first-order valence-corrected chi connectivity index (χ1v) is 12.6. The van der Waals surface area contributed by atoms with E-state index in [0.29, 0.717) is 22.5 Å². The third-order valence-electron chi connectivity index (χ3n) is 6.20. The number of carbonyl (C=O) groups is 1. The van der Waals surface area contributed by atoms with E-state index in [1.807, 2.05) is 60.7 Å². The molecule has 2 aromatic carbocycles. The summed E-state index contributed by atoms with van der Waals surface area (Å²) in [7, 11) is 1.71. The molecule has 4 aromatic rings. The van der Waals surface area contributed by atoms with E-state index in [9.17, 15) is 9.18 Å². The van der Waals surface area contributed by atoms with Gasteiger partial charge in [-0.25, -0.2) is 13.9 Å². The summed E-state index contributed by atoms with van der Waals surface area (Å²) in [6, 6.07) is 19.8. The zero-order valence-corrected chi connectivity index (χ0v) is 21.8. The van der Waals surface area contributed by atoms with Crippen LogP contribution >= 0.6 is 11.6 Å². The number of primary amides is 1. The Balaban J connectivity index is 0.000000186. The summed E-state index contributed by atoms with van der Waals surface area (Å²) in [6.07, 6.45) is 4.10. The van der Waals surface area contributed by atoms with Gasteiger partial charge in [0.1, 0.15) is 16.5 Å². The maximum atomic E-state index is 13.0. The van der Waals surface area contributed by atoms with Crippen molar-refractivity contribution in [3.05, 3.63) is 95.5 Å². The zero-order chi connectivity index (χ0) is 26.9. The van der Waals surface area contributed by atoms with Gasteiger partial charge in [0.25, 0.3) is 0 Å². The van der Waals surface area contributed by atoms with Gasteiger partial charge in [0.15, 0.2) is 5.82 Å². The fourth-order valence-electron chi connectivity index (χ4n) is 4.34. The maximum absolute atomic E-state index is 13.0. The third kappa shape index (κ3) is 6.95. The Morgan fingerprint density at radius 1 is 1.16 bits per heavy atom. The Morgan fingerprint density at radius 3 is 2.53 bits per heavy atom. The lowest BCUT2D eigenvalue weighted by Crippen LogP contribution is -2.24. The average Bonchev–Trinajstić information content (AvgIpc) is 3.54. The third-order valence-corrected chi connectivity index (χ3v) is 6.56. The number of nitrogens with one attached hydrogen (secondary N) is 1. The molecular formula is C28H30ClFN6O2. The van der Waals surface area contributed by atoms with Crippen molar-refractivity contribution in [3.8, 4) is 16.9 Å². The monoisotopic (exact) mass is 536 g/mol. The molecule has 1 saturated heterocycles. The lowest BCUT2D eigenvalue weighted by atomic mass is 10.0. The van der Waals surface area contributed by atoms with E-state index in [0.717, 1.165) is 49.5 Å². The second kappa shape index (κ2) is 13.1. The van der Waals surface area contributed by atoms with E-state index in [1.54, 1.807) is 24.1 Å². The van der Waals surface area contributed by atoms with E-state index in [4.69, 9.17) is 22.1 Å². The van der Waals surface area contributed by atoms with Gasteiger partial charge in [-0.1, -0.05) is 60.1 Å². The minimum absolute atomic E-state index is 0.243. The quantitative estimate of drug-likeness (QED) is 0.332. The van der Waals surface area contributed by atoms with Crippen LogP contribution in [0.15, 0.2) is 79.1 Å². The van der Waals surface area contributed by atoms with Crippen molar-refractivity contribution in [2.75, 3.05) is 38.7 Å². The minimum atomic E-state index is -0.696. The van der Waals surface area contributed by atoms with Gasteiger partial charge in [-0.3, -0.25) is 10.3 Å². The van der Waals surface area contributed by atoms with E-state index in [-0.39, 0.29) is 5.82 Å². The number of aromatic nitrogens is 3. The number of carbonyl (C=O) groups excluding carboxylic acids is 1. The topological polar surface area (TPSA) is 98.3 Å². The standard InChI is InChI=1S/C16H13ClN4O.C12H17FN2O/c17-13-14(11-7-3-1-4-8-11)20-21(15(13)19-16(18)22)12-9-5-2-6-10-12;1-16-5-4-15-3-2-10(9-15)11-6-12(13)8-14-7-11/h1-10H,(H3,18,19,22);6-8,10H,2-5,9H2,1H3. The molecule has 0 spiro atoms. The Labute approximate surface area is 226 Å². The Morgan fingerprint density at radius 2 is 1.87 bits per heavy atom. The fourth-order valence-corrected chi connectivity index (χ4v) is 4.61. The fraction of sp³-hybridized carbons (Fsp3) is 0.250. The van der Waals surface area contributed by atoms with Gasteiger partial charge in [0, 0.05) is 32.0 Å². The molecule has 1 unspecified atom stereocenters. The second-order valence-electron chi connectivity index (χ2n) is 8.83. The van der Waals surface area contributed by atoms with Gasteiger partial charge in [-0.2, -0.15) is 5.10 Å². The van der Waals surface area contributed by atoms with Crippen molar-refractivity contribution >= 4 is 23.4 Å². The van der Waals surface area contributed by atoms with Crippen molar-refractivity contribution in [2.24, 2.45) is 5.73 Å². The molecule has 2 aromatic heterocycles. The Bertz CT molecular complexity index is 1340. The molecule has 8 nitrogen and oxygen atoms in total. The second-order valence-corrected chi connectivity index (χ2v) is 9.21. The van der Waals surface area contributed by atoms with E-state index < -0.39 is 6.03 Å². The number of nitrogens with two attached hydrogens (primary N) is 1. The van der Waals surface area contributed by atoms with Crippen molar-refractivity contribution < 1.29 is 13.9 Å². The number of rotatable bonds is 7. The average molecular weight is 537 g/mol. The molecular weight excluding hydrogens is 507 g/mol. The maximum Gasteiger partial charge on any atom is 0.317 e. The summed E-state index contributed by atoms with van der Waals surface area (Å²) in [6.45, 7) is 3.75. The summed E-state index contributed by atoms with van der Waals surface area (Å²) >= 11 is 6.40. The molecule has 3 N–H and O–H groups in total. The smallest absolute Gasteiger partial charge is 0.317 e. The number of ether oxygens (including phenoxy) is 1. The molecule has 3 heterocycles. The van der Waals surface area contributed by atoms with Crippen LogP contribution < -0.4 is 11.1 Å². The molecule has 0 aliphatic carbocycles. The molecule has 1 aliphatic heterocycles. The van der Waals surface area contributed by atoms with E-state index in [2.05, 4.69) is 20.3 Å². The van der Waals surface area contributed by atoms with Crippen LogP contribution in [0.1, 0.15) is 17.9 Å². The highest BCUT2D eigenvalue weighted by molar-refractivity contribution is 6.36. The van der Waals surface area contributed by atoms with Crippen LogP contribution in [0.2, 0.25) is 5.02 Å². The van der Waals surface area contributed by atoms with Gasteiger partial charge in [-0.05, 0) is 42.6 Å². The predicted molar refractivity (Wildman–Crippen MR) is 147 cm³/mol. The van der Waals surface area contributed by atoms with Gasteiger partial charge < -0.3 is 15.4 Å².